The van der Waals surface area contributed by atoms with Crippen LogP contribution in [0.25, 0.3) is 0 Å². The maximum absolute atomic E-state index is 4.12. The maximum atomic E-state index is 4.12. The third kappa shape index (κ3) is 1.18. The molecular weight excluding hydrogens is 152 g/mol. The molecule has 0 bridgehead atoms. The highest BCUT2D eigenvalue weighted by atomic mass is 32.3. The Labute approximate surface area is 56.7 Å². The van der Waals surface area contributed by atoms with Crippen molar-refractivity contribution in [3.8, 4) is 0 Å². The zero-order chi connectivity index (χ0) is 4.57. The van der Waals surface area contributed by atoms with Crippen molar-refractivity contribution < 1.29 is 0 Å². The lowest BCUT2D eigenvalue weighted by atomic mass is 11.8. The van der Waals surface area contributed by atoms with Gasteiger partial charge in [0.05, 0.1) is 7.83 Å². The lowest BCUT2D eigenvalue weighted by Crippen LogP contribution is -2.05. The van der Waals surface area contributed by atoms with E-state index in [1.165, 1.54) is 0 Å². The lowest BCUT2D eigenvalue weighted by molar-refractivity contribution is 1.86. The molecule has 36 valence electrons. The Kier molecular flexibility index (Phi) is 1.95. The molecule has 0 spiro atoms. The van der Waals surface area contributed by atoms with Crippen molar-refractivity contribution in [3.05, 3.63) is 0 Å². The normalized spacial score (nSPS) is 45.0. The molecule has 4 heteroatoms. The minimum atomic E-state index is 0.493. The van der Waals surface area contributed by atoms with Crippen LogP contribution in [-0.2, 0) is 0 Å². The third-order valence-electron chi connectivity index (χ3n) is 0.466. The summed E-state index contributed by atoms with van der Waals surface area (Å²) < 4.78 is 0.986. The van der Waals surface area contributed by atoms with Crippen molar-refractivity contribution in [3.63, 3.8) is 0 Å². The standard InChI is InChI=1S/C2H4S4/c3-1-5-2(4)6-1/h1-4H. The van der Waals surface area contributed by atoms with Crippen LogP contribution < -0.4 is 0 Å². The molecule has 0 aromatic heterocycles. The van der Waals surface area contributed by atoms with Gasteiger partial charge in [0, 0.05) is 0 Å². The number of rotatable bonds is 0. The van der Waals surface area contributed by atoms with Gasteiger partial charge in [-0.25, -0.2) is 0 Å². The van der Waals surface area contributed by atoms with Gasteiger partial charge in [-0.3, -0.25) is 0 Å². The topological polar surface area (TPSA) is 0 Å². The van der Waals surface area contributed by atoms with E-state index in [1.807, 2.05) is 0 Å². The van der Waals surface area contributed by atoms with E-state index >= 15 is 0 Å². The lowest BCUT2D eigenvalue weighted by Gasteiger charge is -2.25. The molecule has 0 aromatic carbocycles. The van der Waals surface area contributed by atoms with E-state index in [4.69, 9.17) is 0 Å². The molecule has 1 aliphatic heterocycles. The highest BCUT2D eigenvalue weighted by Gasteiger charge is 2.23. The van der Waals surface area contributed by atoms with E-state index < -0.39 is 0 Å². The van der Waals surface area contributed by atoms with Crippen molar-refractivity contribution in [1.82, 2.24) is 0 Å². The molecule has 1 fully saturated rings. The quantitative estimate of drug-likeness (QED) is 0.514. The Morgan fingerprint density at radius 2 is 1.33 bits per heavy atom. The summed E-state index contributed by atoms with van der Waals surface area (Å²) in [6.45, 7) is 0. The molecule has 0 radical (unpaired) electrons. The van der Waals surface area contributed by atoms with Gasteiger partial charge in [0.25, 0.3) is 0 Å². The van der Waals surface area contributed by atoms with Crippen LogP contribution in [0.1, 0.15) is 0 Å². The SMILES string of the molecule is SC1SC(S)S1. The van der Waals surface area contributed by atoms with E-state index in [1.54, 1.807) is 23.5 Å². The fourth-order valence-electron chi connectivity index (χ4n) is 0.209. The Balaban J connectivity index is 2.11. The van der Waals surface area contributed by atoms with Gasteiger partial charge in [-0.15, -0.1) is 23.5 Å². The van der Waals surface area contributed by atoms with E-state index in [9.17, 15) is 0 Å². The van der Waals surface area contributed by atoms with Gasteiger partial charge in [-0.05, 0) is 0 Å². The first kappa shape index (κ1) is 5.54. The van der Waals surface area contributed by atoms with Crippen LogP contribution in [0.5, 0.6) is 0 Å². The average molecular weight is 156 g/mol. The van der Waals surface area contributed by atoms with Crippen LogP contribution in [0, 0.1) is 0 Å². The van der Waals surface area contributed by atoms with Crippen molar-refractivity contribution in [2.75, 3.05) is 0 Å². The van der Waals surface area contributed by atoms with Crippen LogP contribution in [0.4, 0.5) is 0 Å². The summed E-state index contributed by atoms with van der Waals surface area (Å²) in [5.41, 5.74) is 0. The molecule has 0 amide bonds. The first-order chi connectivity index (χ1) is 2.79. The summed E-state index contributed by atoms with van der Waals surface area (Å²) in [5.74, 6) is 0. The van der Waals surface area contributed by atoms with Crippen molar-refractivity contribution in [2.45, 2.75) is 7.83 Å². The van der Waals surface area contributed by atoms with Gasteiger partial charge >= 0.3 is 0 Å². The molecule has 0 N–H and O–H groups in total. The van der Waals surface area contributed by atoms with Gasteiger partial charge in [-0.1, -0.05) is 0 Å². The molecule has 1 aliphatic rings. The largest absolute Gasteiger partial charge is 0.154 e. The second-order valence-corrected chi connectivity index (χ2v) is 6.34. The fourth-order valence-corrected chi connectivity index (χ4v) is 4.65. The summed E-state index contributed by atoms with van der Waals surface area (Å²) in [5, 5.41) is 0. The second kappa shape index (κ2) is 2.11. The van der Waals surface area contributed by atoms with Crippen molar-refractivity contribution >= 4 is 48.8 Å². The van der Waals surface area contributed by atoms with E-state index in [0.29, 0.717) is 7.83 Å². The molecular formula is C2H4S4. The molecule has 1 rings (SSSR count). The Morgan fingerprint density at radius 3 is 1.33 bits per heavy atom. The third-order valence-corrected chi connectivity index (χ3v) is 4.19. The molecule has 0 saturated carbocycles. The summed E-state index contributed by atoms with van der Waals surface area (Å²) in [6, 6.07) is 0. The molecule has 1 heterocycles. The van der Waals surface area contributed by atoms with Gasteiger partial charge in [-0.2, -0.15) is 25.3 Å². The van der Waals surface area contributed by atoms with Crippen LogP contribution >= 0.6 is 48.8 Å². The highest BCUT2D eigenvalue weighted by molar-refractivity contribution is 8.47. The van der Waals surface area contributed by atoms with Gasteiger partial charge in [0.2, 0.25) is 0 Å². The molecule has 1 saturated heterocycles. The van der Waals surface area contributed by atoms with Crippen LogP contribution in [0.15, 0.2) is 0 Å². The Morgan fingerprint density at radius 1 is 1.00 bits per heavy atom. The number of hydrogen-bond donors (Lipinski definition) is 2. The highest BCUT2D eigenvalue weighted by Crippen LogP contribution is 2.50. The van der Waals surface area contributed by atoms with Gasteiger partial charge in [0.1, 0.15) is 0 Å². The molecule has 0 aromatic rings. The summed E-state index contributed by atoms with van der Waals surface area (Å²) in [6.07, 6.45) is 0. The molecule has 0 unspecified atom stereocenters. The Hall–Kier alpha value is 1.40. The van der Waals surface area contributed by atoms with Gasteiger partial charge in [0.15, 0.2) is 0 Å². The van der Waals surface area contributed by atoms with Crippen LogP contribution in [-0.4, -0.2) is 7.83 Å². The van der Waals surface area contributed by atoms with Crippen molar-refractivity contribution in [1.29, 1.82) is 0 Å². The molecule has 6 heavy (non-hydrogen) atoms. The van der Waals surface area contributed by atoms with E-state index in [0.717, 1.165) is 0 Å². The predicted octanol–water partition coefficient (Wildman–Crippen LogP) is 1.89. The molecule has 0 atom stereocenters. The fraction of sp³-hybridized carbons (Fsp3) is 1.00. The van der Waals surface area contributed by atoms with Crippen molar-refractivity contribution in [2.24, 2.45) is 0 Å². The minimum absolute atomic E-state index is 0.493. The van der Waals surface area contributed by atoms with E-state index in [-0.39, 0.29) is 0 Å². The minimum Gasteiger partial charge on any atom is -0.154 e. The monoisotopic (exact) mass is 156 g/mol. The van der Waals surface area contributed by atoms with E-state index in [2.05, 4.69) is 25.3 Å². The molecule has 0 nitrogen and oxygen atoms in total. The first-order valence-electron chi connectivity index (χ1n) is 1.46. The summed E-state index contributed by atoms with van der Waals surface area (Å²) in [4.78, 5) is 0. The Bertz CT molecular complexity index is 41.5. The smallest absolute Gasteiger partial charge is 0.0966 e. The summed E-state index contributed by atoms with van der Waals surface area (Å²) in [7, 11) is 0. The maximum Gasteiger partial charge on any atom is 0.0966 e. The predicted molar refractivity (Wildman–Crippen MR) is 40.7 cm³/mol. The number of thiol groups is 2. The second-order valence-electron chi connectivity index (χ2n) is 0.886. The van der Waals surface area contributed by atoms with Gasteiger partial charge < -0.3 is 0 Å². The summed E-state index contributed by atoms with van der Waals surface area (Å²) >= 11 is 11.8. The average Bonchev–Trinajstić information content (AvgIpc) is 1.33. The van der Waals surface area contributed by atoms with Crippen LogP contribution in [0.2, 0.25) is 0 Å². The zero-order valence-corrected chi connectivity index (χ0v) is 6.29. The first-order valence-corrected chi connectivity index (χ1v) is 4.38. The van der Waals surface area contributed by atoms with Crippen LogP contribution in [0.3, 0.4) is 0 Å². The number of thioether (sulfide) groups is 2. The zero-order valence-electron chi connectivity index (χ0n) is 2.87. The number of hydrogen-bond acceptors (Lipinski definition) is 4. The molecule has 0 aliphatic carbocycles.